The fourth-order valence-corrected chi connectivity index (χ4v) is 4.31. The summed E-state index contributed by atoms with van der Waals surface area (Å²) in [5, 5.41) is 12.8. The quantitative estimate of drug-likeness (QED) is 0.822. The minimum absolute atomic E-state index is 0.0594. The van der Waals surface area contributed by atoms with Gasteiger partial charge >= 0.3 is 0 Å². The number of carbonyl (C=O) groups is 1. The topological polar surface area (TPSA) is 62.1 Å². The molecule has 0 aliphatic heterocycles. The summed E-state index contributed by atoms with van der Waals surface area (Å²) in [4.78, 5) is 13.4. The van der Waals surface area contributed by atoms with Crippen LogP contribution in [0.4, 0.5) is 5.00 Å². The van der Waals surface area contributed by atoms with Gasteiger partial charge in [0.25, 0.3) is 5.91 Å². The first-order valence-electron chi connectivity index (χ1n) is 8.69. The second-order valence-electron chi connectivity index (χ2n) is 6.39. The van der Waals surface area contributed by atoms with E-state index in [2.05, 4.69) is 25.2 Å². The number of ether oxygens (including phenoxy) is 1. The summed E-state index contributed by atoms with van der Waals surface area (Å²) in [5.74, 6) is 0.960. The number of fused-ring (bicyclic) bond motifs is 1. The zero-order valence-corrected chi connectivity index (χ0v) is 15.4. The third kappa shape index (κ3) is 3.85. The molecular weight excluding hydrogens is 332 g/mol. The summed E-state index contributed by atoms with van der Waals surface area (Å²) in [5.41, 5.74) is 3.01. The number of thiophene rings is 1. The van der Waals surface area contributed by atoms with Crippen LogP contribution in [0.2, 0.25) is 0 Å². The van der Waals surface area contributed by atoms with E-state index in [1.54, 1.807) is 0 Å². The van der Waals surface area contributed by atoms with Crippen LogP contribution in [-0.4, -0.2) is 12.5 Å². The smallest absolute Gasteiger partial charge is 0.262 e. The van der Waals surface area contributed by atoms with Crippen LogP contribution in [0.5, 0.6) is 5.75 Å². The molecule has 0 saturated carbocycles. The Labute approximate surface area is 152 Å². The number of nitrogens with one attached hydrogen (secondary N) is 1. The molecular formula is C20H22N2O2S. The largest absolute Gasteiger partial charge is 0.484 e. The third-order valence-electron chi connectivity index (χ3n) is 4.72. The lowest BCUT2D eigenvalue weighted by Crippen LogP contribution is -2.20. The number of benzene rings is 1. The van der Waals surface area contributed by atoms with E-state index in [0.29, 0.717) is 22.2 Å². The van der Waals surface area contributed by atoms with Crippen molar-refractivity contribution >= 4 is 22.2 Å². The van der Waals surface area contributed by atoms with Crippen molar-refractivity contribution in [2.75, 3.05) is 11.9 Å². The van der Waals surface area contributed by atoms with Crippen molar-refractivity contribution in [2.45, 2.75) is 45.4 Å². The van der Waals surface area contributed by atoms with Crippen molar-refractivity contribution in [1.82, 2.24) is 0 Å². The van der Waals surface area contributed by atoms with E-state index >= 15 is 0 Å². The molecule has 1 heterocycles. The van der Waals surface area contributed by atoms with Crippen molar-refractivity contribution < 1.29 is 9.53 Å². The lowest BCUT2D eigenvalue weighted by atomic mass is 9.99. The number of hydrogen-bond acceptors (Lipinski definition) is 4. The molecule has 0 saturated heterocycles. The van der Waals surface area contributed by atoms with Gasteiger partial charge in [0.15, 0.2) is 6.61 Å². The maximum atomic E-state index is 12.2. The van der Waals surface area contributed by atoms with Crippen molar-refractivity contribution in [2.24, 2.45) is 0 Å². The van der Waals surface area contributed by atoms with E-state index in [1.165, 1.54) is 21.8 Å². The highest BCUT2D eigenvalue weighted by Crippen LogP contribution is 2.38. The van der Waals surface area contributed by atoms with Crippen LogP contribution >= 0.6 is 11.3 Å². The molecule has 1 aromatic heterocycles. The standard InChI is InChI=1S/C20H22N2O2S/c1-3-13(2)14-7-9-15(10-8-14)24-12-19(23)22-20-17(11-21)16-5-4-6-18(16)25-20/h7-10,13H,3-6,12H2,1-2H3,(H,22,23). The summed E-state index contributed by atoms with van der Waals surface area (Å²) in [7, 11) is 0. The number of rotatable bonds is 6. The van der Waals surface area contributed by atoms with Gasteiger partial charge in [0, 0.05) is 4.88 Å². The number of aryl methyl sites for hydroxylation is 1. The Morgan fingerprint density at radius 2 is 2.12 bits per heavy atom. The maximum Gasteiger partial charge on any atom is 0.262 e. The van der Waals surface area contributed by atoms with E-state index < -0.39 is 0 Å². The third-order valence-corrected chi connectivity index (χ3v) is 5.92. The Balaban J connectivity index is 1.58. The van der Waals surface area contributed by atoms with Crippen LogP contribution in [0, 0.1) is 11.3 Å². The Hall–Kier alpha value is -2.32. The normalized spacial score (nSPS) is 13.8. The number of amides is 1. The van der Waals surface area contributed by atoms with E-state index in [1.807, 2.05) is 24.3 Å². The van der Waals surface area contributed by atoms with Gasteiger partial charge in [-0.25, -0.2) is 0 Å². The molecule has 0 radical (unpaired) electrons. The molecule has 130 valence electrons. The molecule has 3 rings (SSSR count). The van der Waals surface area contributed by atoms with Gasteiger partial charge in [-0.05, 0) is 54.9 Å². The molecule has 2 aromatic rings. The van der Waals surface area contributed by atoms with Gasteiger partial charge in [0.1, 0.15) is 16.8 Å². The van der Waals surface area contributed by atoms with Gasteiger partial charge in [-0.2, -0.15) is 5.26 Å². The molecule has 1 aliphatic rings. The molecule has 5 heteroatoms. The average Bonchev–Trinajstić information content (AvgIpc) is 3.20. The van der Waals surface area contributed by atoms with Gasteiger partial charge in [-0.3, -0.25) is 4.79 Å². The summed E-state index contributed by atoms with van der Waals surface area (Å²) in [6.45, 7) is 4.29. The highest BCUT2D eigenvalue weighted by atomic mass is 32.1. The Morgan fingerprint density at radius 3 is 2.80 bits per heavy atom. The van der Waals surface area contributed by atoms with Crippen LogP contribution < -0.4 is 10.1 Å². The minimum atomic E-state index is -0.234. The zero-order chi connectivity index (χ0) is 17.8. The molecule has 1 atom stereocenters. The first kappa shape index (κ1) is 17.5. The second kappa shape index (κ2) is 7.71. The van der Waals surface area contributed by atoms with Crippen LogP contribution in [0.3, 0.4) is 0 Å². The Morgan fingerprint density at radius 1 is 1.36 bits per heavy atom. The number of nitriles is 1. The second-order valence-corrected chi connectivity index (χ2v) is 7.49. The molecule has 1 aromatic carbocycles. The van der Waals surface area contributed by atoms with E-state index in [9.17, 15) is 10.1 Å². The minimum Gasteiger partial charge on any atom is -0.484 e. The first-order chi connectivity index (χ1) is 12.1. The fraction of sp³-hybridized carbons (Fsp3) is 0.400. The van der Waals surface area contributed by atoms with E-state index in [4.69, 9.17) is 4.74 Å². The molecule has 1 unspecified atom stereocenters. The van der Waals surface area contributed by atoms with Crippen LogP contribution in [0.1, 0.15) is 54.2 Å². The molecule has 0 spiro atoms. The highest BCUT2D eigenvalue weighted by molar-refractivity contribution is 7.16. The van der Waals surface area contributed by atoms with Gasteiger partial charge in [-0.15, -0.1) is 11.3 Å². The lowest BCUT2D eigenvalue weighted by Gasteiger charge is -2.11. The number of nitrogens with zero attached hydrogens (tertiary/aromatic N) is 1. The van der Waals surface area contributed by atoms with Crippen molar-refractivity contribution in [1.29, 1.82) is 5.26 Å². The monoisotopic (exact) mass is 354 g/mol. The number of carbonyl (C=O) groups excluding carboxylic acids is 1. The Kier molecular flexibility index (Phi) is 5.40. The summed E-state index contributed by atoms with van der Waals surface area (Å²) in [6, 6.07) is 10.1. The first-order valence-corrected chi connectivity index (χ1v) is 9.51. The van der Waals surface area contributed by atoms with Crippen LogP contribution in [0.25, 0.3) is 0 Å². The number of hydrogen-bond donors (Lipinski definition) is 1. The average molecular weight is 354 g/mol. The summed E-state index contributed by atoms with van der Waals surface area (Å²) >= 11 is 1.52. The molecule has 1 N–H and O–H groups in total. The molecule has 1 amide bonds. The lowest BCUT2D eigenvalue weighted by molar-refractivity contribution is -0.118. The molecule has 4 nitrogen and oxygen atoms in total. The van der Waals surface area contributed by atoms with Crippen LogP contribution in [-0.2, 0) is 17.6 Å². The maximum absolute atomic E-state index is 12.2. The van der Waals surface area contributed by atoms with Gasteiger partial charge < -0.3 is 10.1 Å². The Bertz CT molecular complexity index is 802. The fourth-order valence-electron chi connectivity index (χ4n) is 3.05. The van der Waals surface area contributed by atoms with E-state index in [-0.39, 0.29) is 12.5 Å². The zero-order valence-electron chi connectivity index (χ0n) is 14.6. The van der Waals surface area contributed by atoms with Crippen LogP contribution in [0.15, 0.2) is 24.3 Å². The molecule has 0 bridgehead atoms. The van der Waals surface area contributed by atoms with Gasteiger partial charge in [0.2, 0.25) is 0 Å². The summed E-state index contributed by atoms with van der Waals surface area (Å²) < 4.78 is 5.57. The van der Waals surface area contributed by atoms with Crippen molar-refractivity contribution in [3.8, 4) is 11.8 Å². The SMILES string of the molecule is CCC(C)c1ccc(OCC(=O)Nc2sc3c(c2C#N)CCC3)cc1. The predicted octanol–water partition coefficient (Wildman–Crippen LogP) is 4.64. The molecule has 1 aliphatic carbocycles. The van der Waals surface area contributed by atoms with Crippen molar-refractivity contribution in [3.05, 3.63) is 45.8 Å². The molecule has 25 heavy (non-hydrogen) atoms. The van der Waals surface area contributed by atoms with Crippen molar-refractivity contribution in [3.63, 3.8) is 0 Å². The number of anilines is 1. The summed E-state index contributed by atoms with van der Waals surface area (Å²) in [6.07, 6.45) is 4.13. The predicted molar refractivity (Wildman–Crippen MR) is 100 cm³/mol. The van der Waals surface area contributed by atoms with E-state index in [0.717, 1.165) is 31.2 Å². The van der Waals surface area contributed by atoms with Gasteiger partial charge in [-0.1, -0.05) is 26.0 Å². The molecule has 0 fully saturated rings. The highest BCUT2D eigenvalue weighted by Gasteiger charge is 2.23. The van der Waals surface area contributed by atoms with Gasteiger partial charge in [0.05, 0.1) is 5.56 Å².